The van der Waals surface area contributed by atoms with E-state index >= 15 is 0 Å². The first-order valence-electron chi connectivity index (χ1n) is 3.42. The van der Waals surface area contributed by atoms with Crippen LogP contribution >= 0.6 is 11.8 Å². The normalized spacial score (nSPS) is 13.0. The lowest BCUT2D eigenvalue weighted by atomic mass is 10.2. The molecule has 0 aromatic carbocycles. The fourth-order valence-corrected chi connectivity index (χ4v) is 1.12. The number of aliphatic hydroxyl groups excluding tert-OH is 1. The van der Waals surface area contributed by atoms with Crippen LogP contribution < -0.4 is 0 Å². The molecule has 0 aliphatic rings. The summed E-state index contributed by atoms with van der Waals surface area (Å²) in [4.78, 5) is 4.12. The van der Waals surface area contributed by atoms with Gasteiger partial charge in [-0.05, 0) is 24.8 Å². The van der Waals surface area contributed by atoms with Crippen LogP contribution in [0.15, 0.2) is 23.4 Å². The summed E-state index contributed by atoms with van der Waals surface area (Å²) in [5, 5.41) is 10.1. The summed E-state index contributed by atoms with van der Waals surface area (Å²) in [7, 11) is 0. The van der Waals surface area contributed by atoms with Gasteiger partial charge < -0.3 is 5.11 Å². The van der Waals surface area contributed by atoms with Crippen LogP contribution in [0.25, 0.3) is 0 Å². The fourth-order valence-electron chi connectivity index (χ4n) is 0.760. The summed E-state index contributed by atoms with van der Waals surface area (Å²) in [5.74, 6) is 0. The molecule has 0 saturated heterocycles. The highest BCUT2D eigenvalue weighted by Gasteiger charge is 1.99. The van der Waals surface area contributed by atoms with Crippen molar-refractivity contribution in [3.05, 3.63) is 23.9 Å². The molecule has 0 bridgehead atoms. The maximum absolute atomic E-state index is 9.14. The second kappa shape index (κ2) is 3.74. The summed E-state index contributed by atoms with van der Waals surface area (Å²) in [6.45, 7) is 1.73. The molecule has 0 fully saturated rings. The Morgan fingerprint density at radius 2 is 2.27 bits per heavy atom. The van der Waals surface area contributed by atoms with E-state index in [0.29, 0.717) is 0 Å². The van der Waals surface area contributed by atoms with E-state index in [-0.39, 0.29) is 0 Å². The number of nitrogens with zero attached hydrogens (tertiary/aromatic N) is 1. The van der Waals surface area contributed by atoms with Crippen LogP contribution in [0.1, 0.15) is 18.6 Å². The number of hydrogen-bond acceptors (Lipinski definition) is 3. The molecule has 0 spiro atoms. The lowest BCUT2D eigenvalue weighted by molar-refractivity contribution is 0.198. The maximum Gasteiger partial charge on any atom is 0.0957 e. The molecule has 3 heteroatoms. The van der Waals surface area contributed by atoms with Crippen molar-refractivity contribution in [2.75, 3.05) is 6.26 Å². The van der Waals surface area contributed by atoms with Gasteiger partial charge >= 0.3 is 0 Å². The lowest BCUT2D eigenvalue weighted by Gasteiger charge is -2.03. The highest BCUT2D eigenvalue weighted by molar-refractivity contribution is 7.98. The molecule has 11 heavy (non-hydrogen) atoms. The molecule has 2 nitrogen and oxygen atoms in total. The van der Waals surface area contributed by atoms with Gasteiger partial charge in [0.2, 0.25) is 0 Å². The standard InChI is InChI=1S/C8H11NOS/c1-6(10)7-3-4-8(11-2)9-5-7/h3-6,10H,1-2H3/t6-/m0/s1. The smallest absolute Gasteiger partial charge is 0.0957 e. The van der Waals surface area contributed by atoms with E-state index in [9.17, 15) is 0 Å². The van der Waals surface area contributed by atoms with Gasteiger partial charge in [-0.15, -0.1) is 11.8 Å². The zero-order valence-electron chi connectivity index (χ0n) is 6.61. The van der Waals surface area contributed by atoms with E-state index in [2.05, 4.69) is 4.98 Å². The van der Waals surface area contributed by atoms with Crippen LogP contribution in [0, 0.1) is 0 Å². The van der Waals surface area contributed by atoms with Crippen molar-refractivity contribution in [1.82, 2.24) is 4.98 Å². The van der Waals surface area contributed by atoms with Crippen molar-refractivity contribution in [3.63, 3.8) is 0 Å². The van der Waals surface area contributed by atoms with Gasteiger partial charge in [0, 0.05) is 6.20 Å². The highest BCUT2D eigenvalue weighted by Crippen LogP contribution is 2.15. The van der Waals surface area contributed by atoms with Crippen LogP contribution in [0.5, 0.6) is 0 Å². The molecule has 1 aromatic heterocycles. The Labute approximate surface area is 70.7 Å². The van der Waals surface area contributed by atoms with Crippen molar-refractivity contribution in [1.29, 1.82) is 0 Å². The summed E-state index contributed by atoms with van der Waals surface area (Å²) in [6, 6.07) is 3.80. The van der Waals surface area contributed by atoms with Crippen molar-refractivity contribution in [2.24, 2.45) is 0 Å². The van der Waals surface area contributed by atoms with Crippen LogP contribution in [0.2, 0.25) is 0 Å². The third kappa shape index (κ3) is 2.20. The predicted octanol–water partition coefficient (Wildman–Crippen LogP) is 1.86. The Morgan fingerprint density at radius 3 is 2.64 bits per heavy atom. The number of aromatic nitrogens is 1. The molecule has 1 atom stereocenters. The summed E-state index contributed by atoms with van der Waals surface area (Å²) in [5.41, 5.74) is 0.864. The molecular weight excluding hydrogens is 158 g/mol. The fraction of sp³-hybridized carbons (Fsp3) is 0.375. The summed E-state index contributed by atoms with van der Waals surface area (Å²) in [6.07, 6.45) is 3.26. The molecule has 0 radical (unpaired) electrons. The second-order valence-corrected chi connectivity index (χ2v) is 3.14. The average Bonchev–Trinajstić information content (AvgIpc) is 2.05. The van der Waals surface area contributed by atoms with Gasteiger partial charge in [-0.25, -0.2) is 4.98 Å². The number of thioether (sulfide) groups is 1. The number of hydrogen-bond donors (Lipinski definition) is 1. The zero-order valence-corrected chi connectivity index (χ0v) is 7.43. The Morgan fingerprint density at radius 1 is 1.55 bits per heavy atom. The summed E-state index contributed by atoms with van der Waals surface area (Å²) >= 11 is 1.60. The Bertz CT molecular complexity index is 220. The number of rotatable bonds is 2. The van der Waals surface area contributed by atoms with Gasteiger partial charge in [0.25, 0.3) is 0 Å². The van der Waals surface area contributed by atoms with Crippen molar-refractivity contribution >= 4 is 11.8 Å². The summed E-state index contributed by atoms with van der Waals surface area (Å²) < 4.78 is 0. The minimum absolute atomic E-state index is 0.418. The first kappa shape index (κ1) is 8.56. The molecule has 0 unspecified atom stereocenters. The van der Waals surface area contributed by atoms with Gasteiger partial charge in [0.15, 0.2) is 0 Å². The highest BCUT2D eigenvalue weighted by atomic mass is 32.2. The van der Waals surface area contributed by atoms with E-state index in [1.807, 2.05) is 18.4 Å². The number of pyridine rings is 1. The van der Waals surface area contributed by atoms with Crippen LogP contribution in [0.3, 0.4) is 0 Å². The second-order valence-electron chi connectivity index (χ2n) is 2.31. The van der Waals surface area contributed by atoms with Gasteiger partial charge in [-0.2, -0.15) is 0 Å². The van der Waals surface area contributed by atoms with Crippen LogP contribution in [0.4, 0.5) is 0 Å². The van der Waals surface area contributed by atoms with E-state index in [1.165, 1.54) is 0 Å². The lowest BCUT2D eigenvalue weighted by Crippen LogP contribution is -1.91. The number of aliphatic hydroxyl groups is 1. The first-order valence-corrected chi connectivity index (χ1v) is 4.64. The molecule has 1 N–H and O–H groups in total. The molecule has 0 aliphatic heterocycles. The average molecular weight is 169 g/mol. The third-order valence-corrected chi connectivity index (χ3v) is 2.11. The van der Waals surface area contributed by atoms with Crippen LogP contribution in [-0.2, 0) is 0 Å². The molecule has 0 saturated carbocycles. The minimum atomic E-state index is -0.418. The Balaban J connectivity index is 2.83. The maximum atomic E-state index is 9.14. The topological polar surface area (TPSA) is 33.1 Å². The molecule has 0 aliphatic carbocycles. The Kier molecular flexibility index (Phi) is 2.91. The molecule has 1 heterocycles. The SMILES string of the molecule is CSc1ccc([C@H](C)O)cn1. The Hall–Kier alpha value is -0.540. The van der Waals surface area contributed by atoms with Gasteiger partial charge in [-0.3, -0.25) is 0 Å². The molecule has 1 rings (SSSR count). The van der Waals surface area contributed by atoms with Gasteiger partial charge in [0.1, 0.15) is 0 Å². The largest absolute Gasteiger partial charge is 0.389 e. The van der Waals surface area contributed by atoms with E-state index in [4.69, 9.17) is 5.11 Å². The molecule has 60 valence electrons. The van der Waals surface area contributed by atoms with Crippen molar-refractivity contribution in [2.45, 2.75) is 18.1 Å². The van der Waals surface area contributed by atoms with E-state index in [0.717, 1.165) is 10.6 Å². The van der Waals surface area contributed by atoms with Crippen molar-refractivity contribution in [3.8, 4) is 0 Å². The van der Waals surface area contributed by atoms with E-state index < -0.39 is 6.10 Å². The molecule has 1 aromatic rings. The van der Waals surface area contributed by atoms with E-state index in [1.54, 1.807) is 24.9 Å². The van der Waals surface area contributed by atoms with Gasteiger partial charge in [-0.1, -0.05) is 6.07 Å². The van der Waals surface area contributed by atoms with Crippen LogP contribution in [-0.4, -0.2) is 16.3 Å². The third-order valence-electron chi connectivity index (χ3n) is 1.45. The molecule has 0 amide bonds. The van der Waals surface area contributed by atoms with Crippen molar-refractivity contribution < 1.29 is 5.11 Å². The molecular formula is C8H11NOS. The quantitative estimate of drug-likeness (QED) is 0.686. The minimum Gasteiger partial charge on any atom is -0.389 e. The van der Waals surface area contributed by atoms with Gasteiger partial charge in [0.05, 0.1) is 11.1 Å². The predicted molar refractivity (Wildman–Crippen MR) is 46.7 cm³/mol. The monoisotopic (exact) mass is 169 g/mol. The zero-order chi connectivity index (χ0) is 8.27. The first-order chi connectivity index (χ1) is 5.24.